The van der Waals surface area contributed by atoms with Crippen LogP contribution in [0.4, 0.5) is 0 Å². The Morgan fingerprint density at radius 2 is 1.27 bits per heavy atom. The third kappa shape index (κ3) is 17.9. The van der Waals surface area contributed by atoms with Crippen molar-refractivity contribution in [3.8, 4) is 0 Å². The fourth-order valence-electron chi connectivity index (χ4n) is 0.138. The van der Waals surface area contributed by atoms with E-state index in [0.717, 1.165) is 0 Å². The fourth-order valence-corrected chi connectivity index (χ4v) is 0.818. The van der Waals surface area contributed by atoms with Crippen LogP contribution in [0.15, 0.2) is 0 Å². The molecular weight excluding hydrogens is 274 g/mol. The zero-order chi connectivity index (χ0) is 7.28. The number of rotatable bonds is 2. The number of halogens is 2. The summed E-state index contributed by atoms with van der Waals surface area (Å²) in [6.45, 7) is 2.56. The van der Waals surface area contributed by atoms with E-state index < -0.39 is 24.1 Å². The molecule has 0 N–H and O–H groups in total. The van der Waals surface area contributed by atoms with E-state index in [1.54, 1.807) is 0 Å². The molecule has 0 rings (SSSR count). The standard InChI is InChI=1S/2C2H4O2.2ClH.Zr/c2*1-2(3)4;;;/h2*1H3,(H,3,4);2*1H;/q;;;;+2/p-2. The van der Waals surface area contributed by atoms with Crippen molar-refractivity contribution in [3.63, 3.8) is 0 Å². The van der Waals surface area contributed by atoms with E-state index in [4.69, 9.17) is 0 Å². The summed E-state index contributed by atoms with van der Waals surface area (Å²) in [5, 5.41) is 0. The predicted octanol–water partition coefficient (Wildman–Crippen LogP) is 0.869. The molecule has 0 aliphatic rings. The van der Waals surface area contributed by atoms with Crippen molar-refractivity contribution >= 4 is 36.8 Å². The molecule has 0 aromatic rings. The molecule has 0 unspecified atom stereocenters. The van der Waals surface area contributed by atoms with Gasteiger partial charge in [0.2, 0.25) is 0 Å². The van der Waals surface area contributed by atoms with Crippen molar-refractivity contribution in [2.24, 2.45) is 0 Å². The maximum atomic E-state index is 10.1. The molecule has 0 saturated carbocycles. The molecule has 0 fully saturated rings. The number of carbonyl (C=O) groups is 2. The van der Waals surface area contributed by atoms with Gasteiger partial charge in [0.1, 0.15) is 0 Å². The van der Waals surface area contributed by atoms with Crippen LogP contribution in [0.3, 0.4) is 0 Å². The van der Waals surface area contributed by atoms with Crippen molar-refractivity contribution in [3.05, 3.63) is 0 Å². The maximum absolute atomic E-state index is 10.1. The Labute approximate surface area is 89.6 Å². The minimum Gasteiger partial charge on any atom is -0.147 e. The van der Waals surface area contributed by atoms with Gasteiger partial charge in [0.05, 0.1) is 0 Å². The molecule has 0 aliphatic heterocycles. The van der Waals surface area contributed by atoms with Crippen LogP contribution in [0.1, 0.15) is 13.8 Å². The monoisotopic (exact) mass is 280 g/mol. The molecule has 0 aliphatic carbocycles. The molecule has 11 heavy (non-hydrogen) atoms. The van der Waals surface area contributed by atoms with Gasteiger partial charge in [-0.2, -0.15) is 0 Å². The molecule has 0 bridgehead atoms. The van der Waals surface area contributed by atoms with E-state index in [0.29, 0.717) is 0 Å². The first-order valence-electron chi connectivity index (χ1n) is 2.22. The van der Waals surface area contributed by atoms with E-state index >= 15 is 0 Å². The Balaban J connectivity index is -0.000000320. The topological polar surface area (TPSA) is 52.6 Å². The summed E-state index contributed by atoms with van der Waals surface area (Å²) < 4.78 is 8.88. The molecule has 0 saturated heterocycles. The van der Waals surface area contributed by atoms with Crippen LogP contribution < -0.4 is 0 Å². The van der Waals surface area contributed by atoms with Crippen LogP contribution >= 0.6 is 24.8 Å². The third-order valence-corrected chi connectivity index (χ3v) is 2.19. The zero-order valence-electron chi connectivity index (χ0n) is 5.95. The van der Waals surface area contributed by atoms with E-state index in [-0.39, 0.29) is 36.8 Å². The van der Waals surface area contributed by atoms with Gasteiger partial charge in [-0.05, 0) is 0 Å². The van der Waals surface area contributed by atoms with Crippen LogP contribution in [0, 0.1) is 0 Å². The van der Waals surface area contributed by atoms with Crippen molar-refractivity contribution < 1.29 is 39.3 Å². The van der Waals surface area contributed by atoms with Crippen LogP contribution in [-0.2, 0) is 39.3 Å². The largest absolute Gasteiger partial charge is 0.147 e. The smallest absolute Gasteiger partial charge is 0.147 e. The minimum atomic E-state index is -1.63. The first-order valence-corrected chi connectivity index (χ1v) is 4.23. The van der Waals surface area contributed by atoms with Crippen molar-refractivity contribution in [1.82, 2.24) is 0 Å². The summed E-state index contributed by atoms with van der Waals surface area (Å²) in [6, 6.07) is 0. The molecule has 4 nitrogen and oxygen atoms in total. The Kier molecular flexibility index (Phi) is 16.5. The molecular formula is C4H8Cl2O4Zr. The Hall–Kier alpha value is 0.403. The van der Waals surface area contributed by atoms with E-state index in [1.165, 1.54) is 13.8 Å². The molecule has 7 heteroatoms. The second-order valence-electron chi connectivity index (χ2n) is 1.27. The summed E-state index contributed by atoms with van der Waals surface area (Å²) in [5.41, 5.74) is 0. The summed E-state index contributed by atoms with van der Waals surface area (Å²) in [4.78, 5) is 20.1. The molecule has 0 amide bonds. The summed E-state index contributed by atoms with van der Waals surface area (Å²) in [6.07, 6.45) is 0. The normalized spacial score (nSPS) is 6.36. The molecule has 0 spiro atoms. The van der Waals surface area contributed by atoms with Gasteiger partial charge < -0.3 is 0 Å². The van der Waals surface area contributed by atoms with Crippen molar-refractivity contribution in [1.29, 1.82) is 0 Å². The summed E-state index contributed by atoms with van der Waals surface area (Å²) >= 11 is -1.63. The minimum absolute atomic E-state index is 0. The van der Waals surface area contributed by atoms with Gasteiger partial charge in [-0.3, -0.25) is 0 Å². The van der Waals surface area contributed by atoms with E-state index in [2.05, 4.69) is 5.63 Å². The maximum Gasteiger partial charge on any atom is -0.147 e. The molecule has 0 aromatic heterocycles. The Morgan fingerprint density at radius 3 is 1.45 bits per heavy atom. The first kappa shape index (κ1) is 17.5. The summed E-state index contributed by atoms with van der Waals surface area (Å²) in [5.74, 6) is -0.772. The van der Waals surface area contributed by atoms with Gasteiger partial charge in [-0.15, -0.1) is 24.8 Å². The van der Waals surface area contributed by atoms with Crippen LogP contribution in [0.2, 0.25) is 0 Å². The van der Waals surface area contributed by atoms with Gasteiger partial charge >= 0.3 is 65.1 Å². The Morgan fingerprint density at radius 1 is 1.00 bits per heavy atom. The third-order valence-electron chi connectivity index (χ3n) is 0.371. The van der Waals surface area contributed by atoms with Gasteiger partial charge in [-0.1, -0.05) is 0 Å². The SMILES string of the molecule is CC(=O)[O][Zr][O]C(C)=O.Cl.Cl. The van der Waals surface area contributed by atoms with Gasteiger partial charge in [0.25, 0.3) is 0 Å². The van der Waals surface area contributed by atoms with Gasteiger partial charge in [-0.25, -0.2) is 0 Å². The first-order chi connectivity index (χ1) is 4.13. The van der Waals surface area contributed by atoms with Crippen molar-refractivity contribution in [2.75, 3.05) is 0 Å². The molecule has 0 radical (unpaired) electrons. The average Bonchev–Trinajstić information content (AvgIpc) is 1.63. The van der Waals surface area contributed by atoms with Crippen LogP contribution in [-0.4, -0.2) is 11.9 Å². The molecule has 0 aromatic carbocycles. The average molecular weight is 282 g/mol. The number of carbonyl (C=O) groups excluding carboxylic acids is 2. The van der Waals surface area contributed by atoms with Crippen molar-refractivity contribution in [2.45, 2.75) is 13.8 Å². The van der Waals surface area contributed by atoms with Crippen LogP contribution in [0.5, 0.6) is 0 Å². The predicted molar refractivity (Wildman–Crippen MR) is 38.0 cm³/mol. The number of hydrogen-bond donors (Lipinski definition) is 0. The van der Waals surface area contributed by atoms with E-state index in [1.807, 2.05) is 0 Å². The number of hydrogen-bond acceptors (Lipinski definition) is 4. The van der Waals surface area contributed by atoms with Gasteiger partial charge in [0.15, 0.2) is 0 Å². The Bertz CT molecular complexity index is 115. The molecule has 0 atom stereocenters. The van der Waals surface area contributed by atoms with Gasteiger partial charge in [0, 0.05) is 0 Å². The summed E-state index contributed by atoms with van der Waals surface area (Å²) in [7, 11) is 0. The zero-order valence-corrected chi connectivity index (χ0v) is 10.0. The quantitative estimate of drug-likeness (QED) is 0.754. The second-order valence-corrected chi connectivity index (χ2v) is 2.68. The van der Waals surface area contributed by atoms with Crippen LogP contribution in [0.25, 0.3) is 0 Å². The second kappa shape index (κ2) is 10.4. The van der Waals surface area contributed by atoms with E-state index in [9.17, 15) is 9.59 Å². The molecule has 66 valence electrons. The fraction of sp³-hybridized carbons (Fsp3) is 0.500. The molecule has 0 heterocycles.